The van der Waals surface area contributed by atoms with Crippen LogP contribution in [0.25, 0.3) is 5.69 Å². The molecule has 6 rings (SSSR count). The Kier molecular flexibility index (Phi) is 4.44. The second-order valence-electron chi connectivity index (χ2n) is 8.90. The fourth-order valence-electron chi connectivity index (χ4n) is 5.28. The zero-order valence-corrected chi connectivity index (χ0v) is 18.7. The summed E-state index contributed by atoms with van der Waals surface area (Å²) in [5.41, 5.74) is 3.72. The molecule has 7 nitrogen and oxygen atoms in total. The summed E-state index contributed by atoms with van der Waals surface area (Å²) in [7, 11) is -3.67. The molecule has 9 heteroatoms. The van der Waals surface area contributed by atoms with Gasteiger partial charge >= 0.3 is 0 Å². The van der Waals surface area contributed by atoms with Crippen molar-refractivity contribution < 1.29 is 17.6 Å². The monoisotopic (exact) mass is 466 g/mol. The molecule has 0 bridgehead atoms. The van der Waals surface area contributed by atoms with Crippen molar-refractivity contribution in [3.63, 3.8) is 0 Å². The molecular weight excluding hydrogens is 443 g/mol. The molecule has 2 aromatic carbocycles. The Morgan fingerprint density at radius 2 is 1.79 bits per heavy atom. The molecule has 3 aliphatic rings. The van der Waals surface area contributed by atoms with Crippen LogP contribution in [0.2, 0.25) is 0 Å². The fourth-order valence-corrected chi connectivity index (χ4v) is 6.77. The third-order valence-corrected chi connectivity index (χ3v) is 8.91. The van der Waals surface area contributed by atoms with Gasteiger partial charge < -0.3 is 15.2 Å². The first-order valence-corrected chi connectivity index (χ1v) is 12.5. The van der Waals surface area contributed by atoms with E-state index in [1.807, 2.05) is 18.3 Å². The van der Waals surface area contributed by atoms with Gasteiger partial charge in [-0.05, 0) is 73.4 Å². The summed E-state index contributed by atoms with van der Waals surface area (Å²) in [4.78, 5) is 11.9. The van der Waals surface area contributed by atoms with Gasteiger partial charge in [0.15, 0.2) is 0 Å². The van der Waals surface area contributed by atoms with E-state index in [1.54, 1.807) is 24.3 Å². The minimum atomic E-state index is -3.67. The van der Waals surface area contributed by atoms with Gasteiger partial charge in [-0.1, -0.05) is 0 Å². The number of carbonyl (C=O) groups excluding carboxylic acids is 1. The van der Waals surface area contributed by atoms with Crippen molar-refractivity contribution in [2.75, 3.05) is 23.7 Å². The van der Waals surface area contributed by atoms with Gasteiger partial charge in [0.05, 0.1) is 21.8 Å². The normalized spacial score (nSPS) is 19.2. The number of hydrogen-bond acceptors (Lipinski definition) is 4. The Labute approximate surface area is 191 Å². The second kappa shape index (κ2) is 7.16. The molecule has 0 atom stereocenters. The standard InChI is InChI=1S/C24H23FN4O3S/c25-17-4-7-21-20(15-17)27-24(22-2-1-11-29(21)22)9-12-28(13-10-24)33(31,32)18-5-6-19-16(14-18)3-8-23(30)26-19/h1-2,4-7,11,14-15,27H,3,8-10,12-13H2,(H,26,30). The van der Waals surface area contributed by atoms with E-state index < -0.39 is 15.6 Å². The summed E-state index contributed by atoms with van der Waals surface area (Å²) in [6.45, 7) is 0.692. The molecule has 0 unspecified atom stereocenters. The molecule has 1 aromatic heterocycles. The van der Waals surface area contributed by atoms with Crippen molar-refractivity contribution in [2.24, 2.45) is 0 Å². The number of fused-ring (bicyclic) bond motifs is 5. The van der Waals surface area contributed by atoms with E-state index in [9.17, 15) is 17.6 Å². The number of piperidine rings is 1. The Morgan fingerprint density at radius 3 is 2.61 bits per heavy atom. The number of halogens is 1. The minimum Gasteiger partial charge on any atom is -0.372 e. The molecule has 3 aliphatic heterocycles. The number of nitrogens with zero attached hydrogens (tertiary/aromatic N) is 2. The number of carbonyl (C=O) groups is 1. The lowest BCUT2D eigenvalue weighted by molar-refractivity contribution is -0.116. The number of rotatable bonds is 2. The average Bonchev–Trinajstić information content (AvgIpc) is 3.30. The van der Waals surface area contributed by atoms with Gasteiger partial charge in [0, 0.05) is 37.1 Å². The Morgan fingerprint density at radius 1 is 0.970 bits per heavy atom. The van der Waals surface area contributed by atoms with Crippen LogP contribution in [0.1, 0.15) is 30.5 Å². The highest BCUT2D eigenvalue weighted by Crippen LogP contribution is 2.44. The molecule has 3 aromatic rings. The van der Waals surface area contributed by atoms with Gasteiger partial charge in [0.1, 0.15) is 5.82 Å². The van der Waals surface area contributed by atoms with E-state index in [0.29, 0.717) is 50.1 Å². The van der Waals surface area contributed by atoms with Crippen LogP contribution < -0.4 is 10.6 Å². The summed E-state index contributed by atoms with van der Waals surface area (Å²) in [6, 6.07) is 13.6. The number of aromatic nitrogens is 1. The van der Waals surface area contributed by atoms with Gasteiger partial charge in [-0.2, -0.15) is 4.31 Å². The summed E-state index contributed by atoms with van der Waals surface area (Å²) in [5, 5.41) is 6.32. The molecule has 1 fully saturated rings. The van der Waals surface area contributed by atoms with Crippen molar-refractivity contribution in [2.45, 2.75) is 36.1 Å². The number of aryl methyl sites for hydroxylation is 1. The maximum absolute atomic E-state index is 13.9. The molecule has 1 spiro atoms. The summed E-state index contributed by atoms with van der Waals surface area (Å²) in [6.07, 6.45) is 3.98. The van der Waals surface area contributed by atoms with Crippen LogP contribution in [0, 0.1) is 5.82 Å². The van der Waals surface area contributed by atoms with Crippen molar-refractivity contribution in [1.29, 1.82) is 0 Å². The van der Waals surface area contributed by atoms with E-state index >= 15 is 0 Å². The third kappa shape index (κ3) is 3.18. The zero-order valence-electron chi connectivity index (χ0n) is 17.8. The van der Waals surface area contributed by atoms with E-state index in [1.165, 1.54) is 16.4 Å². The average molecular weight is 467 g/mol. The maximum atomic E-state index is 13.9. The Bertz CT molecular complexity index is 1390. The van der Waals surface area contributed by atoms with E-state index in [4.69, 9.17) is 0 Å². The fraction of sp³-hybridized carbons (Fsp3) is 0.292. The van der Waals surface area contributed by atoms with Crippen LogP contribution in [0.3, 0.4) is 0 Å². The molecule has 0 radical (unpaired) electrons. The Hall–Kier alpha value is -3.17. The van der Waals surface area contributed by atoms with Gasteiger partial charge in [0.25, 0.3) is 0 Å². The Balaban J connectivity index is 1.28. The van der Waals surface area contributed by atoms with Gasteiger partial charge in [-0.3, -0.25) is 4.79 Å². The SMILES string of the molecule is O=C1CCc2cc(S(=O)(=O)N3CCC4(CC3)Nc3cc(F)ccc3-n3cccc34)ccc2N1. The van der Waals surface area contributed by atoms with Crippen molar-refractivity contribution in [3.8, 4) is 5.69 Å². The lowest BCUT2D eigenvalue weighted by atomic mass is 9.83. The smallest absolute Gasteiger partial charge is 0.243 e. The van der Waals surface area contributed by atoms with Crippen LogP contribution in [-0.2, 0) is 26.8 Å². The minimum absolute atomic E-state index is 0.0503. The molecular formula is C24H23FN4O3S. The summed E-state index contributed by atoms with van der Waals surface area (Å²) in [5.74, 6) is -0.360. The number of anilines is 2. The highest BCUT2D eigenvalue weighted by molar-refractivity contribution is 7.89. The predicted molar refractivity (Wildman–Crippen MR) is 122 cm³/mol. The highest BCUT2D eigenvalue weighted by Gasteiger charge is 2.44. The van der Waals surface area contributed by atoms with Crippen LogP contribution >= 0.6 is 0 Å². The molecule has 0 saturated carbocycles. The van der Waals surface area contributed by atoms with Crippen molar-refractivity contribution in [1.82, 2.24) is 8.87 Å². The van der Waals surface area contributed by atoms with E-state index in [-0.39, 0.29) is 16.6 Å². The molecule has 0 aliphatic carbocycles. The lowest BCUT2D eigenvalue weighted by Crippen LogP contribution is -2.51. The molecule has 2 N–H and O–H groups in total. The van der Waals surface area contributed by atoms with Crippen LogP contribution in [0.4, 0.5) is 15.8 Å². The first-order chi connectivity index (χ1) is 15.9. The molecule has 4 heterocycles. The zero-order chi connectivity index (χ0) is 22.8. The number of nitrogens with one attached hydrogen (secondary N) is 2. The largest absolute Gasteiger partial charge is 0.372 e. The third-order valence-electron chi connectivity index (χ3n) is 7.02. The van der Waals surface area contributed by atoms with Crippen molar-refractivity contribution in [3.05, 3.63) is 71.8 Å². The van der Waals surface area contributed by atoms with Gasteiger partial charge in [0.2, 0.25) is 15.9 Å². The molecule has 170 valence electrons. The summed E-state index contributed by atoms with van der Waals surface area (Å²) < 4.78 is 44.3. The van der Waals surface area contributed by atoms with Crippen molar-refractivity contribution >= 4 is 27.3 Å². The number of benzene rings is 2. The first kappa shape index (κ1) is 20.4. The molecule has 1 amide bonds. The quantitative estimate of drug-likeness (QED) is 0.605. The van der Waals surface area contributed by atoms with Crippen LogP contribution in [-0.4, -0.2) is 36.3 Å². The van der Waals surface area contributed by atoms with E-state index in [2.05, 4.69) is 15.2 Å². The van der Waals surface area contributed by atoms with Gasteiger partial charge in [-0.25, -0.2) is 12.8 Å². The highest BCUT2D eigenvalue weighted by atomic mass is 32.2. The predicted octanol–water partition coefficient (Wildman–Crippen LogP) is 3.61. The van der Waals surface area contributed by atoms with E-state index in [0.717, 1.165) is 16.9 Å². The second-order valence-corrected chi connectivity index (χ2v) is 10.8. The van der Waals surface area contributed by atoms with Crippen LogP contribution in [0.15, 0.2) is 59.6 Å². The molecule has 33 heavy (non-hydrogen) atoms. The lowest BCUT2D eigenvalue weighted by Gasteiger charge is -2.45. The summed E-state index contributed by atoms with van der Waals surface area (Å²) >= 11 is 0. The topological polar surface area (TPSA) is 83.4 Å². The number of sulfonamides is 1. The van der Waals surface area contributed by atoms with Crippen LogP contribution in [0.5, 0.6) is 0 Å². The number of amides is 1. The first-order valence-electron chi connectivity index (χ1n) is 11.0. The van der Waals surface area contributed by atoms with Gasteiger partial charge in [-0.15, -0.1) is 0 Å². The molecule has 1 saturated heterocycles. The maximum Gasteiger partial charge on any atom is 0.243 e. The number of hydrogen-bond donors (Lipinski definition) is 2.